The van der Waals surface area contributed by atoms with E-state index in [0.29, 0.717) is 17.5 Å². The van der Waals surface area contributed by atoms with Crippen LogP contribution in [0, 0.1) is 0 Å². The lowest BCUT2D eigenvalue weighted by Gasteiger charge is -2.16. The van der Waals surface area contributed by atoms with Crippen LogP contribution in [0.15, 0.2) is 182 Å². The summed E-state index contributed by atoms with van der Waals surface area (Å²) in [6, 6.07) is 65.0. The minimum Gasteiger partial charge on any atom is -0.309 e. The van der Waals surface area contributed by atoms with E-state index in [0.717, 1.165) is 33.5 Å². The van der Waals surface area contributed by atoms with Gasteiger partial charge in [-0.25, -0.2) is 15.0 Å². The van der Waals surface area contributed by atoms with E-state index in [-0.39, 0.29) is 0 Å². The van der Waals surface area contributed by atoms with Gasteiger partial charge in [0.1, 0.15) is 0 Å². The van der Waals surface area contributed by atoms with Crippen molar-refractivity contribution in [3.8, 4) is 62.1 Å². The van der Waals surface area contributed by atoms with E-state index in [2.05, 4.69) is 126 Å². The summed E-state index contributed by atoms with van der Waals surface area (Å²) >= 11 is 0. The van der Waals surface area contributed by atoms with Crippen molar-refractivity contribution in [2.24, 2.45) is 0 Å². The van der Waals surface area contributed by atoms with Crippen LogP contribution >= 0.6 is 0 Å². The fraction of sp³-hybridized carbons (Fsp3) is 0. The summed E-state index contributed by atoms with van der Waals surface area (Å²) in [6.07, 6.45) is 0. The fourth-order valence-electron chi connectivity index (χ4n) is 8.94. The molecule has 0 saturated carbocycles. The number of nitrogens with zero attached hydrogens (tertiary/aromatic N) is 4. The largest absolute Gasteiger partial charge is 0.309 e. The molecule has 0 radical (unpaired) electrons. The second kappa shape index (κ2) is 11.5. The van der Waals surface area contributed by atoms with Gasteiger partial charge in [0.25, 0.3) is 0 Å². The van der Waals surface area contributed by atoms with Crippen molar-refractivity contribution in [3.63, 3.8) is 0 Å². The van der Waals surface area contributed by atoms with Crippen molar-refractivity contribution in [2.45, 2.75) is 0 Å². The molecule has 9 aromatic carbocycles. The second-order valence-electron chi connectivity index (χ2n) is 14.4. The van der Waals surface area contributed by atoms with Crippen molar-refractivity contribution in [3.05, 3.63) is 182 Å². The van der Waals surface area contributed by atoms with Crippen LogP contribution in [-0.4, -0.2) is 19.5 Å². The van der Waals surface area contributed by atoms with E-state index in [9.17, 15) is 0 Å². The standard InChI is InChI=1S/C51H30N4/c1-3-12-34(13-4-1)49-52-50(35-14-5-2-6-15-35)54-51(53-49)37-18-9-17-36(30-37)38-19-7-8-22-41(38)55-42-23-11-21-40-39-20-10-16-31-24-25-32-26-27-33-28-29-43(55)48(47(40)42)46(33)45(32)44(31)39/h1-30H. The van der Waals surface area contributed by atoms with Crippen LogP contribution in [0.2, 0.25) is 0 Å². The van der Waals surface area contributed by atoms with Gasteiger partial charge < -0.3 is 4.57 Å². The van der Waals surface area contributed by atoms with Crippen molar-refractivity contribution in [2.75, 3.05) is 0 Å². The van der Waals surface area contributed by atoms with E-state index in [1.807, 2.05) is 60.7 Å². The third-order valence-electron chi connectivity index (χ3n) is 11.3. The molecule has 0 aliphatic heterocycles. The molecular formula is C51H30N4. The van der Waals surface area contributed by atoms with Gasteiger partial charge in [0.15, 0.2) is 17.5 Å². The summed E-state index contributed by atoms with van der Waals surface area (Å²) in [5, 5.41) is 10.4. The number of rotatable bonds is 5. The Morgan fingerprint density at radius 3 is 1.47 bits per heavy atom. The molecule has 0 spiro atoms. The first-order chi connectivity index (χ1) is 27.3. The highest BCUT2D eigenvalue weighted by molar-refractivity contribution is 6.38. The number of benzene rings is 9. The van der Waals surface area contributed by atoms with Crippen LogP contribution in [0.4, 0.5) is 0 Å². The maximum atomic E-state index is 5.05. The van der Waals surface area contributed by atoms with Crippen LogP contribution in [0.25, 0.3) is 116 Å². The number of para-hydroxylation sites is 1. The van der Waals surface area contributed by atoms with Crippen molar-refractivity contribution in [1.29, 1.82) is 0 Å². The molecule has 0 N–H and O–H groups in total. The van der Waals surface area contributed by atoms with Gasteiger partial charge in [0.05, 0.1) is 16.7 Å². The molecule has 0 fully saturated rings. The van der Waals surface area contributed by atoms with Crippen LogP contribution in [0.3, 0.4) is 0 Å². The highest BCUT2D eigenvalue weighted by Crippen LogP contribution is 2.50. The van der Waals surface area contributed by atoms with Gasteiger partial charge in [-0.15, -0.1) is 0 Å². The Morgan fingerprint density at radius 1 is 0.291 bits per heavy atom. The normalized spacial score (nSPS) is 12.0. The molecule has 12 rings (SSSR count). The van der Waals surface area contributed by atoms with Crippen molar-refractivity contribution >= 4 is 54.1 Å². The third kappa shape index (κ3) is 4.43. The molecule has 2 heterocycles. The van der Waals surface area contributed by atoms with Gasteiger partial charge in [-0.3, -0.25) is 0 Å². The van der Waals surface area contributed by atoms with Crippen LogP contribution < -0.4 is 0 Å². The lowest BCUT2D eigenvalue weighted by Crippen LogP contribution is -2.00. The molecule has 254 valence electrons. The highest BCUT2D eigenvalue weighted by atomic mass is 15.0. The van der Waals surface area contributed by atoms with E-state index in [1.54, 1.807) is 0 Å². The minimum absolute atomic E-state index is 0.638. The van der Waals surface area contributed by atoms with Gasteiger partial charge in [-0.05, 0) is 67.9 Å². The topological polar surface area (TPSA) is 43.6 Å². The first-order valence-electron chi connectivity index (χ1n) is 18.7. The molecule has 0 bridgehead atoms. The summed E-state index contributed by atoms with van der Waals surface area (Å²) in [5.74, 6) is 1.94. The Bertz CT molecular complexity index is 3300. The Hall–Kier alpha value is -7.43. The summed E-state index contributed by atoms with van der Waals surface area (Å²) in [7, 11) is 0. The van der Waals surface area contributed by atoms with E-state index < -0.39 is 0 Å². The molecule has 0 unspecified atom stereocenters. The molecule has 0 saturated heterocycles. The van der Waals surface area contributed by atoms with Crippen LogP contribution in [-0.2, 0) is 0 Å². The molecule has 1 aliphatic carbocycles. The van der Waals surface area contributed by atoms with Crippen LogP contribution in [0.5, 0.6) is 0 Å². The third-order valence-corrected chi connectivity index (χ3v) is 11.3. The second-order valence-corrected chi connectivity index (χ2v) is 14.4. The first-order valence-corrected chi connectivity index (χ1v) is 18.7. The zero-order chi connectivity index (χ0) is 36.0. The number of aromatic nitrogens is 4. The lowest BCUT2D eigenvalue weighted by molar-refractivity contribution is 1.07. The molecular weight excluding hydrogens is 669 g/mol. The molecule has 4 heteroatoms. The number of fused-ring (bicyclic) bond motifs is 1. The van der Waals surface area contributed by atoms with E-state index >= 15 is 0 Å². The van der Waals surface area contributed by atoms with Crippen molar-refractivity contribution in [1.82, 2.24) is 19.5 Å². The van der Waals surface area contributed by atoms with Gasteiger partial charge in [-0.2, -0.15) is 0 Å². The van der Waals surface area contributed by atoms with E-state index in [4.69, 9.17) is 15.0 Å². The summed E-state index contributed by atoms with van der Waals surface area (Å²) in [4.78, 5) is 15.0. The smallest absolute Gasteiger partial charge is 0.164 e. The Morgan fingerprint density at radius 2 is 0.764 bits per heavy atom. The Kier molecular flexibility index (Phi) is 6.31. The van der Waals surface area contributed by atoms with Gasteiger partial charge in [0, 0.05) is 38.4 Å². The van der Waals surface area contributed by atoms with Crippen LogP contribution in [0.1, 0.15) is 0 Å². The quantitative estimate of drug-likeness (QED) is 0.168. The zero-order valence-electron chi connectivity index (χ0n) is 29.6. The molecule has 4 nitrogen and oxygen atoms in total. The van der Waals surface area contributed by atoms with Crippen molar-refractivity contribution < 1.29 is 0 Å². The van der Waals surface area contributed by atoms with E-state index in [1.165, 1.54) is 65.3 Å². The molecule has 55 heavy (non-hydrogen) atoms. The predicted molar refractivity (Wildman–Crippen MR) is 227 cm³/mol. The molecule has 0 amide bonds. The summed E-state index contributed by atoms with van der Waals surface area (Å²) in [5.41, 5.74) is 11.2. The molecule has 1 aliphatic rings. The summed E-state index contributed by atoms with van der Waals surface area (Å²) in [6.45, 7) is 0. The average molecular weight is 699 g/mol. The monoisotopic (exact) mass is 698 g/mol. The van der Waals surface area contributed by atoms with Gasteiger partial charge in [0.2, 0.25) is 0 Å². The Labute approximate surface area is 316 Å². The van der Waals surface area contributed by atoms with Gasteiger partial charge >= 0.3 is 0 Å². The summed E-state index contributed by atoms with van der Waals surface area (Å²) < 4.78 is 2.48. The fourth-order valence-corrected chi connectivity index (χ4v) is 8.94. The predicted octanol–water partition coefficient (Wildman–Crippen LogP) is 13.1. The highest BCUT2D eigenvalue weighted by Gasteiger charge is 2.25. The number of hydrogen-bond donors (Lipinski definition) is 0. The number of hydrogen-bond acceptors (Lipinski definition) is 3. The minimum atomic E-state index is 0.638. The average Bonchev–Trinajstić information content (AvgIpc) is 3.54. The molecule has 11 aromatic rings. The molecule has 0 atom stereocenters. The maximum Gasteiger partial charge on any atom is 0.164 e. The maximum absolute atomic E-state index is 5.05. The SMILES string of the molecule is c1ccc(-c2nc(-c3ccccc3)nc(-c3cccc(-c4ccccc4-n4c5cccc6c5c5c7c(ccc8ccc9cccc-6c9c87)ccc54)c3)n2)cc1. The van der Waals surface area contributed by atoms with Gasteiger partial charge in [-0.1, -0.05) is 158 Å². The Balaban J connectivity index is 1.10. The lowest BCUT2D eigenvalue weighted by atomic mass is 9.92. The molecule has 2 aromatic heterocycles. The zero-order valence-corrected chi connectivity index (χ0v) is 29.6. The first kappa shape index (κ1) is 30.1.